The summed E-state index contributed by atoms with van der Waals surface area (Å²) in [5.41, 5.74) is 14.6. The molecule has 62 heavy (non-hydrogen) atoms. The highest BCUT2D eigenvalue weighted by Crippen LogP contribution is 2.48. The van der Waals surface area contributed by atoms with Crippen LogP contribution in [-0.4, -0.2) is 15.0 Å². The molecule has 12 rings (SSSR count). The average molecular weight is 818 g/mol. The van der Waals surface area contributed by atoms with E-state index >= 15 is 0 Å². The van der Waals surface area contributed by atoms with Gasteiger partial charge in [0.2, 0.25) is 0 Å². The largest absolute Gasteiger partial charge is 0.454 e. The van der Waals surface area contributed by atoms with Crippen LogP contribution in [0.4, 0.5) is 0 Å². The molecule has 0 aliphatic heterocycles. The zero-order valence-electron chi connectivity index (χ0n) is 34.7. The van der Waals surface area contributed by atoms with Gasteiger partial charge in [0.1, 0.15) is 11.3 Å². The van der Waals surface area contributed by atoms with E-state index in [4.69, 9.17) is 19.4 Å². The fraction of sp³-hybridized carbons (Fsp3) is 0.140. The Kier molecular flexibility index (Phi) is 8.86. The van der Waals surface area contributed by atoms with Gasteiger partial charge in [-0.2, -0.15) is 0 Å². The predicted octanol–water partition coefficient (Wildman–Crippen LogP) is 15.9. The van der Waals surface area contributed by atoms with Crippen LogP contribution in [0.15, 0.2) is 168 Å². The van der Waals surface area contributed by atoms with Gasteiger partial charge in [-0.1, -0.05) is 141 Å². The SMILES string of the molecule is CC1CCC=C(c2ccc(-c3cc(-c4cccc(-c5nc6ccc(C7C=Cc8sc9ccccc9c8C7C)cc6c6c5oc5ccccc56)c4)nc(-c4ccccc4)n3)cc2)C1. The van der Waals surface area contributed by atoms with Crippen LogP contribution in [0, 0.1) is 5.92 Å². The monoisotopic (exact) mass is 817 g/mol. The van der Waals surface area contributed by atoms with Crippen LogP contribution < -0.4 is 0 Å². The highest BCUT2D eigenvalue weighted by atomic mass is 32.1. The van der Waals surface area contributed by atoms with E-state index in [1.54, 1.807) is 0 Å². The molecule has 0 spiro atoms. The van der Waals surface area contributed by atoms with Gasteiger partial charge in [0.25, 0.3) is 0 Å². The summed E-state index contributed by atoms with van der Waals surface area (Å²) < 4.78 is 8.14. The van der Waals surface area contributed by atoms with E-state index in [1.807, 2.05) is 35.6 Å². The lowest BCUT2D eigenvalue weighted by Gasteiger charge is -2.26. The highest BCUT2D eigenvalue weighted by molar-refractivity contribution is 7.20. The minimum absolute atomic E-state index is 0.240. The van der Waals surface area contributed by atoms with Crippen molar-refractivity contribution >= 4 is 65.9 Å². The van der Waals surface area contributed by atoms with E-state index in [9.17, 15) is 0 Å². The quantitative estimate of drug-likeness (QED) is 0.168. The molecule has 0 amide bonds. The Labute approximate surface area is 365 Å². The third kappa shape index (κ3) is 6.30. The van der Waals surface area contributed by atoms with Crippen molar-refractivity contribution in [2.45, 2.75) is 44.9 Å². The van der Waals surface area contributed by atoms with Gasteiger partial charge in [-0.25, -0.2) is 15.0 Å². The van der Waals surface area contributed by atoms with Crippen molar-refractivity contribution in [3.05, 3.63) is 185 Å². The van der Waals surface area contributed by atoms with Gasteiger partial charge in [0.15, 0.2) is 11.4 Å². The number of hydrogen-bond donors (Lipinski definition) is 0. The number of furan rings is 1. The number of thiophene rings is 1. The molecule has 0 saturated heterocycles. The molecular formula is C57H43N3OS. The van der Waals surface area contributed by atoms with E-state index in [1.165, 1.54) is 43.6 Å². The number of pyridine rings is 1. The van der Waals surface area contributed by atoms with Crippen molar-refractivity contribution in [2.24, 2.45) is 5.92 Å². The van der Waals surface area contributed by atoms with Crippen molar-refractivity contribution in [2.75, 3.05) is 0 Å². The zero-order chi connectivity index (χ0) is 41.3. The zero-order valence-corrected chi connectivity index (χ0v) is 35.5. The molecule has 4 heterocycles. The van der Waals surface area contributed by atoms with Crippen LogP contribution in [0.2, 0.25) is 0 Å². The Hall–Kier alpha value is -6.95. The van der Waals surface area contributed by atoms with Crippen molar-refractivity contribution in [1.82, 2.24) is 15.0 Å². The second-order valence-corrected chi connectivity index (χ2v) is 18.3. The Morgan fingerprint density at radius 2 is 1.35 bits per heavy atom. The summed E-state index contributed by atoms with van der Waals surface area (Å²) in [7, 11) is 0. The van der Waals surface area contributed by atoms with Crippen molar-refractivity contribution in [1.29, 1.82) is 0 Å². The molecule has 2 aliphatic rings. The summed E-state index contributed by atoms with van der Waals surface area (Å²) in [5.74, 6) is 1.99. The maximum Gasteiger partial charge on any atom is 0.162 e. The van der Waals surface area contributed by atoms with Crippen LogP contribution in [0.3, 0.4) is 0 Å². The first kappa shape index (κ1) is 36.9. The predicted molar refractivity (Wildman–Crippen MR) is 259 cm³/mol. The van der Waals surface area contributed by atoms with Crippen LogP contribution in [0.1, 0.15) is 66.5 Å². The second-order valence-electron chi connectivity index (χ2n) is 17.2. The molecule has 0 N–H and O–H groups in total. The minimum atomic E-state index is 0.240. The molecule has 4 nitrogen and oxygen atoms in total. The molecule has 10 aromatic rings. The summed E-state index contributed by atoms with van der Waals surface area (Å²) >= 11 is 1.89. The molecule has 3 atom stereocenters. The summed E-state index contributed by atoms with van der Waals surface area (Å²) in [4.78, 5) is 17.1. The Balaban J connectivity index is 0.967. The summed E-state index contributed by atoms with van der Waals surface area (Å²) in [6.45, 7) is 4.73. The van der Waals surface area contributed by atoms with Crippen molar-refractivity contribution in [3.63, 3.8) is 0 Å². The standard InChI is InChI=1S/C57H43N3OS/c1-34-12-10-15-39(30-34)36-22-24-37(25-23-36)48-33-49(60-57(59-48)38-13-4-3-5-14-38)41-16-11-17-42(31-41)55-56-54(44-18-6-8-20-50(44)61-56)46-32-40(26-28-47(46)58-55)43-27-29-52-53(35(43)2)45-19-7-9-21-51(45)62-52/h3-9,11,13-29,31-35,43H,10,12,30H2,1-2H3. The van der Waals surface area contributed by atoms with E-state index in [0.717, 1.165) is 85.0 Å². The molecule has 0 bridgehead atoms. The van der Waals surface area contributed by atoms with Crippen molar-refractivity contribution < 1.29 is 4.42 Å². The summed E-state index contributed by atoms with van der Waals surface area (Å²) in [6.07, 6.45) is 10.7. The summed E-state index contributed by atoms with van der Waals surface area (Å²) in [6, 6.07) is 53.9. The minimum Gasteiger partial charge on any atom is -0.454 e. The second kappa shape index (κ2) is 14.9. The first-order valence-electron chi connectivity index (χ1n) is 21.8. The van der Waals surface area contributed by atoms with Crippen LogP contribution in [-0.2, 0) is 0 Å². The maximum atomic E-state index is 6.79. The summed E-state index contributed by atoms with van der Waals surface area (Å²) in [5, 5.41) is 4.67. The van der Waals surface area contributed by atoms with E-state index in [-0.39, 0.29) is 5.92 Å². The lowest BCUT2D eigenvalue weighted by molar-refractivity contribution is 0.536. The number of aromatic nitrogens is 3. The fourth-order valence-corrected chi connectivity index (χ4v) is 11.2. The smallest absolute Gasteiger partial charge is 0.162 e. The van der Waals surface area contributed by atoms with Gasteiger partial charge >= 0.3 is 0 Å². The first-order chi connectivity index (χ1) is 30.5. The molecule has 298 valence electrons. The number of nitrogens with zero attached hydrogens (tertiary/aromatic N) is 3. The van der Waals surface area contributed by atoms with E-state index in [2.05, 4.69) is 159 Å². The Bertz CT molecular complexity index is 3430. The molecule has 0 saturated carbocycles. The number of benzene rings is 6. The molecule has 2 aliphatic carbocycles. The number of fused-ring (bicyclic) bond motifs is 8. The lowest BCUT2D eigenvalue weighted by Crippen LogP contribution is -2.10. The van der Waals surface area contributed by atoms with Gasteiger partial charge < -0.3 is 4.42 Å². The fourth-order valence-electron chi connectivity index (χ4n) is 10.00. The lowest BCUT2D eigenvalue weighted by atomic mass is 9.78. The number of rotatable bonds is 6. The molecule has 0 radical (unpaired) electrons. The van der Waals surface area contributed by atoms with Crippen molar-refractivity contribution in [3.8, 4) is 45.2 Å². The van der Waals surface area contributed by atoms with Crippen LogP contribution in [0.25, 0.3) is 99.7 Å². The normalized spacial score (nSPS) is 17.5. The highest BCUT2D eigenvalue weighted by Gasteiger charge is 2.28. The molecule has 5 heteroatoms. The number of para-hydroxylation sites is 1. The third-order valence-corrected chi connectivity index (χ3v) is 14.3. The molecule has 6 aromatic carbocycles. The molecule has 3 unspecified atom stereocenters. The Morgan fingerprint density at radius 3 is 2.21 bits per heavy atom. The first-order valence-corrected chi connectivity index (χ1v) is 22.6. The Morgan fingerprint density at radius 1 is 0.613 bits per heavy atom. The van der Waals surface area contributed by atoms with E-state index in [0.29, 0.717) is 17.7 Å². The average Bonchev–Trinajstić information content (AvgIpc) is 3.91. The van der Waals surface area contributed by atoms with E-state index < -0.39 is 0 Å². The van der Waals surface area contributed by atoms with Gasteiger partial charge in [0, 0.05) is 53.9 Å². The number of allylic oxidation sites excluding steroid dienone is 3. The topological polar surface area (TPSA) is 51.8 Å². The van der Waals surface area contributed by atoms with Gasteiger partial charge in [0.05, 0.1) is 16.9 Å². The van der Waals surface area contributed by atoms with Crippen LogP contribution in [0.5, 0.6) is 0 Å². The number of hydrogen-bond acceptors (Lipinski definition) is 5. The molecular weight excluding hydrogens is 775 g/mol. The van der Waals surface area contributed by atoms with Gasteiger partial charge in [-0.15, -0.1) is 11.3 Å². The van der Waals surface area contributed by atoms with Gasteiger partial charge in [-0.05, 0) is 101 Å². The molecule has 0 fully saturated rings. The van der Waals surface area contributed by atoms with Crippen LogP contribution >= 0.6 is 11.3 Å². The van der Waals surface area contributed by atoms with Gasteiger partial charge in [-0.3, -0.25) is 0 Å². The third-order valence-electron chi connectivity index (χ3n) is 13.2. The maximum absolute atomic E-state index is 6.79. The molecule has 4 aromatic heterocycles.